The summed E-state index contributed by atoms with van der Waals surface area (Å²) >= 11 is 0. The zero-order chi connectivity index (χ0) is 15.0. The number of carbonyl (C=O) groups is 2. The standard InChI is InChI=1S/C14H22N4O2/c1-4-15-12-7-5-11(6-8-12)13(19)16-9-10-17-14(20)18(2)3/h5-8,15H,4,9-10H2,1-3H3,(H,16,19)(H,17,20). The van der Waals surface area contributed by atoms with E-state index in [1.807, 2.05) is 19.1 Å². The van der Waals surface area contributed by atoms with E-state index in [4.69, 9.17) is 0 Å². The molecule has 1 aromatic rings. The molecule has 0 radical (unpaired) electrons. The topological polar surface area (TPSA) is 73.5 Å². The molecule has 0 unspecified atom stereocenters. The van der Waals surface area contributed by atoms with Gasteiger partial charge in [0.05, 0.1) is 0 Å². The second kappa shape index (κ2) is 8.04. The molecule has 0 atom stereocenters. The Labute approximate surface area is 119 Å². The summed E-state index contributed by atoms with van der Waals surface area (Å²) < 4.78 is 0. The van der Waals surface area contributed by atoms with Crippen LogP contribution in [0.25, 0.3) is 0 Å². The fraction of sp³-hybridized carbons (Fsp3) is 0.429. The second-order valence-corrected chi connectivity index (χ2v) is 4.49. The summed E-state index contributed by atoms with van der Waals surface area (Å²) in [7, 11) is 3.33. The molecule has 0 aliphatic carbocycles. The van der Waals surface area contributed by atoms with Gasteiger partial charge in [0.15, 0.2) is 0 Å². The van der Waals surface area contributed by atoms with Crippen LogP contribution in [0.15, 0.2) is 24.3 Å². The molecule has 3 amide bonds. The lowest BCUT2D eigenvalue weighted by Crippen LogP contribution is -2.39. The summed E-state index contributed by atoms with van der Waals surface area (Å²) in [5.74, 6) is -0.146. The third-order valence-corrected chi connectivity index (χ3v) is 2.62. The fourth-order valence-electron chi connectivity index (χ4n) is 1.55. The predicted octanol–water partition coefficient (Wildman–Crippen LogP) is 1.12. The van der Waals surface area contributed by atoms with Crippen molar-refractivity contribution in [3.8, 4) is 0 Å². The maximum Gasteiger partial charge on any atom is 0.316 e. The third-order valence-electron chi connectivity index (χ3n) is 2.62. The van der Waals surface area contributed by atoms with E-state index in [2.05, 4.69) is 16.0 Å². The van der Waals surface area contributed by atoms with Gasteiger partial charge in [-0.25, -0.2) is 4.79 Å². The zero-order valence-electron chi connectivity index (χ0n) is 12.2. The van der Waals surface area contributed by atoms with Crippen molar-refractivity contribution in [3.05, 3.63) is 29.8 Å². The normalized spacial score (nSPS) is 9.75. The molecule has 110 valence electrons. The minimum absolute atomic E-state index is 0.146. The van der Waals surface area contributed by atoms with Crippen LogP contribution < -0.4 is 16.0 Å². The van der Waals surface area contributed by atoms with Crippen molar-refractivity contribution in [1.29, 1.82) is 0 Å². The Kier molecular flexibility index (Phi) is 6.36. The molecule has 6 heteroatoms. The molecule has 3 N–H and O–H groups in total. The van der Waals surface area contributed by atoms with Crippen molar-refractivity contribution < 1.29 is 9.59 Å². The van der Waals surface area contributed by atoms with Crippen LogP contribution in [0.1, 0.15) is 17.3 Å². The SMILES string of the molecule is CCNc1ccc(C(=O)NCCNC(=O)N(C)C)cc1. The molecule has 0 fully saturated rings. The molecule has 1 rings (SSSR count). The van der Waals surface area contributed by atoms with Crippen LogP contribution in [0, 0.1) is 0 Å². The van der Waals surface area contributed by atoms with E-state index >= 15 is 0 Å². The number of anilines is 1. The van der Waals surface area contributed by atoms with Gasteiger partial charge in [-0.15, -0.1) is 0 Å². The molecule has 20 heavy (non-hydrogen) atoms. The molecule has 0 spiro atoms. The lowest BCUT2D eigenvalue weighted by atomic mass is 10.2. The summed E-state index contributed by atoms with van der Waals surface area (Å²) in [6.07, 6.45) is 0. The number of urea groups is 1. The van der Waals surface area contributed by atoms with Crippen LogP contribution in [0.5, 0.6) is 0 Å². The smallest absolute Gasteiger partial charge is 0.316 e. The van der Waals surface area contributed by atoms with Gasteiger partial charge in [-0.3, -0.25) is 4.79 Å². The van der Waals surface area contributed by atoms with Crippen LogP contribution in [-0.4, -0.2) is 50.6 Å². The third kappa shape index (κ3) is 5.17. The van der Waals surface area contributed by atoms with Crippen LogP contribution in [0.4, 0.5) is 10.5 Å². The predicted molar refractivity (Wildman–Crippen MR) is 80.0 cm³/mol. The van der Waals surface area contributed by atoms with Crippen molar-refractivity contribution in [2.75, 3.05) is 39.0 Å². The molecule has 0 saturated carbocycles. The average Bonchev–Trinajstić information content (AvgIpc) is 2.44. The van der Waals surface area contributed by atoms with E-state index in [9.17, 15) is 9.59 Å². The van der Waals surface area contributed by atoms with Gasteiger partial charge in [-0.05, 0) is 31.2 Å². The monoisotopic (exact) mass is 278 g/mol. The average molecular weight is 278 g/mol. The fourth-order valence-corrected chi connectivity index (χ4v) is 1.55. The molecule has 0 heterocycles. The first kappa shape index (κ1) is 15.8. The first-order chi connectivity index (χ1) is 9.54. The lowest BCUT2D eigenvalue weighted by molar-refractivity contribution is 0.0953. The van der Waals surface area contributed by atoms with E-state index < -0.39 is 0 Å². The second-order valence-electron chi connectivity index (χ2n) is 4.49. The zero-order valence-corrected chi connectivity index (χ0v) is 12.2. The molecular formula is C14H22N4O2. The molecule has 0 aliphatic rings. The van der Waals surface area contributed by atoms with Crippen LogP contribution in [-0.2, 0) is 0 Å². The lowest BCUT2D eigenvalue weighted by Gasteiger charge is -2.12. The van der Waals surface area contributed by atoms with Gasteiger partial charge < -0.3 is 20.9 Å². The summed E-state index contributed by atoms with van der Waals surface area (Å²) in [6, 6.07) is 7.10. The Bertz CT molecular complexity index is 443. The molecule has 0 aliphatic heterocycles. The minimum atomic E-state index is -0.172. The largest absolute Gasteiger partial charge is 0.385 e. The van der Waals surface area contributed by atoms with E-state index in [-0.39, 0.29) is 11.9 Å². The molecule has 1 aromatic carbocycles. The van der Waals surface area contributed by atoms with Gasteiger partial charge in [0.2, 0.25) is 0 Å². The Balaban J connectivity index is 2.34. The highest BCUT2D eigenvalue weighted by atomic mass is 16.2. The highest BCUT2D eigenvalue weighted by Crippen LogP contribution is 2.08. The van der Waals surface area contributed by atoms with Crippen LogP contribution >= 0.6 is 0 Å². The number of amides is 3. The van der Waals surface area contributed by atoms with Crippen molar-refractivity contribution in [1.82, 2.24) is 15.5 Å². The van der Waals surface area contributed by atoms with E-state index in [1.54, 1.807) is 26.2 Å². The van der Waals surface area contributed by atoms with Gasteiger partial charge in [0, 0.05) is 45.0 Å². The first-order valence-electron chi connectivity index (χ1n) is 6.62. The van der Waals surface area contributed by atoms with Gasteiger partial charge in [0.1, 0.15) is 0 Å². The molecule has 0 bridgehead atoms. The Hall–Kier alpha value is -2.24. The summed E-state index contributed by atoms with van der Waals surface area (Å²) in [5.41, 5.74) is 1.59. The van der Waals surface area contributed by atoms with Crippen molar-refractivity contribution in [2.45, 2.75) is 6.92 Å². The number of benzene rings is 1. The van der Waals surface area contributed by atoms with Crippen molar-refractivity contribution >= 4 is 17.6 Å². The number of rotatable bonds is 6. The molecular weight excluding hydrogens is 256 g/mol. The summed E-state index contributed by atoms with van der Waals surface area (Å²) in [4.78, 5) is 24.5. The maximum atomic E-state index is 11.8. The van der Waals surface area contributed by atoms with Crippen LogP contribution in [0.2, 0.25) is 0 Å². The van der Waals surface area contributed by atoms with Crippen molar-refractivity contribution in [3.63, 3.8) is 0 Å². The summed E-state index contributed by atoms with van der Waals surface area (Å²) in [6.45, 7) is 3.66. The quantitative estimate of drug-likeness (QED) is 0.683. The van der Waals surface area contributed by atoms with E-state index in [1.165, 1.54) is 4.90 Å². The molecule has 0 saturated heterocycles. The highest BCUT2D eigenvalue weighted by Gasteiger charge is 2.05. The maximum absolute atomic E-state index is 11.8. The first-order valence-corrected chi connectivity index (χ1v) is 6.62. The molecule has 0 aromatic heterocycles. The van der Waals surface area contributed by atoms with Gasteiger partial charge in [-0.1, -0.05) is 0 Å². The minimum Gasteiger partial charge on any atom is -0.385 e. The number of nitrogens with zero attached hydrogens (tertiary/aromatic N) is 1. The Morgan fingerprint density at radius 3 is 2.20 bits per heavy atom. The van der Waals surface area contributed by atoms with E-state index in [0.717, 1.165) is 12.2 Å². The summed E-state index contributed by atoms with van der Waals surface area (Å²) in [5, 5.41) is 8.59. The van der Waals surface area contributed by atoms with Crippen LogP contribution in [0.3, 0.4) is 0 Å². The Morgan fingerprint density at radius 2 is 1.65 bits per heavy atom. The highest BCUT2D eigenvalue weighted by molar-refractivity contribution is 5.94. The number of nitrogens with one attached hydrogen (secondary N) is 3. The number of hydrogen-bond acceptors (Lipinski definition) is 3. The van der Waals surface area contributed by atoms with Gasteiger partial charge in [-0.2, -0.15) is 0 Å². The van der Waals surface area contributed by atoms with Gasteiger partial charge >= 0.3 is 6.03 Å². The number of carbonyl (C=O) groups excluding carboxylic acids is 2. The van der Waals surface area contributed by atoms with Crippen molar-refractivity contribution in [2.24, 2.45) is 0 Å². The Morgan fingerprint density at radius 1 is 1.05 bits per heavy atom. The van der Waals surface area contributed by atoms with Gasteiger partial charge in [0.25, 0.3) is 5.91 Å². The molecule has 6 nitrogen and oxygen atoms in total. The van der Waals surface area contributed by atoms with E-state index in [0.29, 0.717) is 18.7 Å². The number of hydrogen-bond donors (Lipinski definition) is 3.